The van der Waals surface area contributed by atoms with Gasteiger partial charge >= 0.3 is 0 Å². The molecule has 1 unspecified atom stereocenters. The maximum Gasteiger partial charge on any atom is 0.268 e. The van der Waals surface area contributed by atoms with Crippen LogP contribution in [0.25, 0.3) is 10.9 Å². The second kappa shape index (κ2) is 5.74. The molecule has 3 aromatic rings. The van der Waals surface area contributed by atoms with Crippen molar-refractivity contribution in [1.29, 1.82) is 0 Å². The van der Waals surface area contributed by atoms with Crippen molar-refractivity contribution >= 4 is 38.2 Å². The Kier molecular flexibility index (Phi) is 3.57. The molecule has 2 aliphatic rings. The van der Waals surface area contributed by atoms with E-state index in [9.17, 15) is 8.42 Å². The van der Waals surface area contributed by atoms with Crippen LogP contribution < -0.4 is 10.2 Å². The lowest BCUT2D eigenvalue weighted by molar-refractivity contribution is 0.470. The molecule has 0 aliphatic carbocycles. The van der Waals surface area contributed by atoms with Gasteiger partial charge in [-0.05, 0) is 42.3 Å². The van der Waals surface area contributed by atoms with Crippen molar-refractivity contribution in [3.05, 3.63) is 59.2 Å². The molecular formula is C19H18ClN3O2S. The number of anilines is 1. The third-order valence-electron chi connectivity index (χ3n) is 5.32. The van der Waals surface area contributed by atoms with Crippen LogP contribution in [0, 0.1) is 0 Å². The van der Waals surface area contributed by atoms with E-state index in [0.29, 0.717) is 11.1 Å². The minimum absolute atomic E-state index is 0.206. The van der Waals surface area contributed by atoms with E-state index < -0.39 is 10.0 Å². The number of rotatable bonds is 2. The summed E-state index contributed by atoms with van der Waals surface area (Å²) in [6.45, 7) is 2.81. The summed E-state index contributed by atoms with van der Waals surface area (Å²) in [4.78, 5) is 2.61. The molecule has 0 bridgehead atoms. The molecule has 1 fully saturated rings. The molecule has 0 spiro atoms. The molecule has 0 saturated carbocycles. The molecule has 2 aromatic carbocycles. The third-order valence-corrected chi connectivity index (χ3v) is 7.22. The quantitative estimate of drug-likeness (QED) is 0.734. The van der Waals surface area contributed by atoms with Crippen molar-refractivity contribution in [3.63, 3.8) is 0 Å². The maximum atomic E-state index is 13.3. The number of aromatic nitrogens is 1. The van der Waals surface area contributed by atoms with E-state index in [4.69, 9.17) is 11.6 Å². The van der Waals surface area contributed by atoms with Crippen LogP contribution in [-0.4, -0.2) is 38.1 Å². The van der Waals surface area contributed by atoms with Gasteiger partial charge in [0.2, 0.25) is 0 Å². The normalized spacial score (nSPS) is 19.6. The van der Waals surface area contributed by atoms with Crippen LogP contribution in [0.4, 0.5) is 5.69 Å². The van der Waals surface area contributed by atoms with E-state index in [0.717, 1.165) is 48.2 Å². The highest BCUT2D eigenvalue weighted by atomic mass is 35.5. The fourth-order valence-electron chi connectivity index (χ4n) is 4.16. The van der Waals surface area contributed by atoms with Gasteiger partial charge in [0.05, 0.1) is 10.4 Å². The Hall–Kier alpha value is -2.02. The standard InChI is InChI=1S/C19H18ClN3O2S/c20-14-3-1-4-16(10-14)26(24,25)23-12-13-9-15-11-21-7-8-22(15)17-5-2-6-18(23)19(13)17/h1-6,10,12,15,21H,7-9,11H2. The summed E-state index contributed by atoms with van der Waals surface area (Å²) in [5.41, 5.74) is 2.95. The third kappa shape index (κ3) is 2.29. The van der Waals surface area contributed by atoms with Gasteiger partial charge in [-0.2, -0.15) is 0 Å². The molecule has 1 saturated heterocycles. The minimum atomic E-state index is -3.70. The molecule has 5 rings (SSSR count). The average Bonchev–Trinajstić information content (AvgIpc) is 3.03. The van der Waals surface area contributed by atoms with Crippen molar-refractivity contribution in [2.75, 3.05) is 24.5 Å². The van der Waals surface area contributed by atoms with Crippen LogP contribution in [-0.2, 0) is 16.4 Å². The first-order valence-electron chi connectivity index (χ1n) is 8.67. The summed E-state index contributed by atoms with van der Waals surface area (Å²) in [6.07, 6.45) is 2.63. The predicted molar refractivity (Wildman–Crippen MR) is 104 cm³/mol. The van der Waals surface area contributed by atoms with Gasteiger partial charge in [-0.1, -0.05) is 23.7 Å². The zero-order valence-electron chi connectivity index (χ0n) is 14.0. The first-order valence-corrected chi connectivity index (χ1v) is 10.5. The van der Waals surface area contributed by atoms with Gasteiger partial charge in [-0.3, -0.25) is 0 Å². The van der Waals surface area contributed by atoms with Crippen molar-refractivity contribution in [2.24, 2.45) is 0 Å². The highest BCUT2D eigenvalue weighted by Crippen LogP contribution is 2.39. The zero-order chi connectivity index (χ0) is 17.9. The van der Waals surface area contributed by atoms with Gasteiger partial charge in [-0.15, -0.1) is 0 Å². The van der Waals surface area contributed by atoms with E-state index in [1.54, 1.807) is 24.4 Å². The molecule has 1 aromatic heterocycles. The molecule has 3 heterocycles. The van der Waals surface area contributed by atoms with E-state index in [1.807, 2.05) is 12.1 Å². The summed E-state index contributed by atoms with van der Waals surface area (Å²) in [7, 11) is -3.70. The van der Waals surface area contributed by atoms with E-state index in [1.165, 1.54) is 10.0 Å². The highest BCUT2D eigenvalue weighted by molar-refractivity contribution is 7.90. The van der Waals surface area contributed by atoms with Crippen LogP contribution in [0.3, 0.4) is 0 Å². The van der Waals surface area contributed by atoms with E-state index in [-0.39, 0.29) is 4.90 Å². The lowest BCUT2D eigenvalue weighted by Gasteiger charge is -2.41. The molecule has 134 valence electrons. The first kappa shape index (κ1) is 16.2. The SMILES string of the molecule is O=S(=O)(c1cccc(Cl)c1)n1cc2c3c(cccc31)N1CCNCC1C2. The zero-order valence-corrected chi connectivity index (χ0v) is 15.6. The topological polar surface area (TPSA) is 54.3 Å². The Labute approximate surface area is 157 Å². The number of hydrogen-bond donors (Lipinski definition) is 1. The fraction of sp³-hybridized carbons (Fsp3) is 0.263. The Balaban J connectivity index is 1.74. The Morgan fingerprint density at radius 1 is 1.15 bits per heavy atom. The highest BCUT2D eigenvalue weighted by Gasteiger charge is 2.32. The molecule has 2 aliphatic heterocycles. The van der Waals surface area contributed by atoms with Gasteiger partial charge in [0.1, 0.15) is 0 Å². The Bertz CT molecular complexity index is 1120. The summed E-state index contributed by atoms with van der Waals surface area (Å²) in [5, 5.41) is 4.90. The van der Waals surface area contributed by atoms with Crippen molar-refractivity contribution in [3.8, 4) is 0 Å². The fourth-order valence-corrected chi connectivity index (χ4v) is 5.85. The molecule has 0 amide bonds. The molecular weight excluding hydrogens is 370 g/mol. The molecule has 5 nitrogen and oxygen atoms in total. The molecule has 0 radical (unpaired) electrons. The van der Waals surface area contributed by atoms with Gasteiger partial charge in [0, 0.05) is 48.0 Å². The summed E-state index contributed by atoms with van der Waals surface area (Å²) in [5.74, 6) is 0. The molecule has 1 atom stereocenters. The summed E-state index contributed by atoms with van der Waals surface area (Å²) in [6, 6.07) is 12.7. The number of nitrogens with one attached hydrogen (secondary N) is 1. The molecule has 7 heteroatoms. The number of fused-ring (bicyclic) bond motifs is 2. The van der Waals surface area contributed by atoms with E-state index in [2.05, 4.69) is 16.3 Å². The van der Waals surface area contributed by atoms with Crippen LogP contribution in [0.15, 0.2) is 53.6 Å². The predicted octanol–water partition coefficient (Wildman–Crippen LogP) is 2.87. The molecule has 26 heavy (non-hydrogen) atoms. The Morgan fingerprint density at radius 2 is 2.00 bits per heavy atom. The van der Waals surface area contributed by atoms with Gasteiger partial charge in [0.25, 0.3) is 10.0 Å². The van der Waals surface area contributed by atoms with Gasteiger partial charge in [-0.25, -0.2) is 12.4 Å². The second-order valence-corrected chi connectivity index (χ2v) is 9.09. The number of benzene rings is 2. The number of hydrogen-bond acceptors (Lipinski definition) is 4. The van der Waals surface area contributed by atoms with Crippen molar-refractivity contribution in [2.45, 2.75) is 17.4 Å². The van der Waals surface area contributed by atoms with Gasteiger partial charge in [0.15, 0.2) is 0 Å². The lowest BCUT2D eigenvalue weighted by atomic mass is 9.95. The lowest BCUT2D eigenvalue weighted by Crippen LogP contribution is -2.53. The first-order chi connectivity index (χ1) is 12.6. The largest absolute Gasteiger partial charge is 0.365 e. The molecule has 1 N–H and O–H groups in total. The Morgan fingerprint density at radius 3 is 2.85 bits per heavy atom. The number of piperazine rings is 1. The number of nitrogens with zero attached hydrogens (tertiary/aromatic N) is 2. The maximum absolute atomic E-state index is 13.3. The van der Waals surface area contributed by atoms with Crippen molar-refractivity contribution in [1.82, 2.24) is 9.29 Å². The van der Waals surface area contributed by atoms with Crippen LogP contribution in [0.2, 0.25) is 5.02 Å². The van der Waals surface area contributed by atoms with Gasteiger partial charge < -0.3 is 10.2 Å². The van der Waals surface area contributed by atoms with Crippen molar-refractivity contribution < 1.29 is 8.42 Å². The summed E-state index contributed by atoms with van der Waals surface area (Å²) >= 11 is 6.02. The van der Waals surface area contributed by atoms with Crippen LogP contribution in [0.1, 0.15) is 5.56 Å². The smallest absolute Gasteiger partial charge is 0.268 e. The average molecular weight is 388 g/mol. The van der Waals surface area contributed by atoms with E-state index >= 15 is 0 Å². The monoisotopic (exact) mass is 387 g/mol. The summed E-state index contributed by atoms with van der Waals surface area (Å²) < 4.78 is 27.9. The second-order valence-electron chi connectivity index (χ2n) is 6.84. The minimum Gasteiger partial charge on any atom is -0.365 e. The van der Waals surface area contributed by atoms with Crippen LogP contribution in [0.5, 0.6) is 0 Å². The number of halogens is 1. The van der Waals surface area contributed by atoms with Crippen LogP contribution >= 0.6 is 11.6 Å².